The van der Waals surface area contributed by atoms with Crippen LogP contribution in [-0.4, -0.2) is 40.3 Å². The van der Waals surface area contributed by atoms with E-state index in [1.807, 2.05) is 13.8 Å². The smallest absolute Gasteiger partial charge is 0.323 e. The van der Waals surface area contributed by atoms with Gasteiger partial charge in [-0.3, -0.25) is 4.79 Å². The van der Waals surface area contributed by atoms with Gasteiger partial charge in [0.15, 0.2) is 4.34 Å². The van der Waals surface area contributed by atoms with Crippen molar-refractivity contribution in [3.8, 4) is 0 Å². The average molecular weight is 275 g/mol. The number of rotatable bonds is 8. The highest BCUT2D eigenvalue weighted by atomic mass is 32.2. The Labute approximate surface area is 110 Å². The zero-order chi connectivity index (χ0) is 12.5. The SMILES string of the molecule is CCNC(CCSc1ncns1)C(=O)OCC. The molecule has 1 heterocycles. The minimum absolute atomic E-state index is 0.174. The van der Waals surface area contributed by atoms with E-state index in [1.54, 1.807) is 18.1 Å². The Bertz CT molecular complexity index is 319. The Morgan fingerprint density at radius 1 is 1.65 bits per heavy atom. The molecule has 0 aromatic carbocycles. The lowest BCUT2D eigenvalue weighted by molar-refractivity contribution is -0.145. The van der Waals surface area contributed by atoms with Gasteiger partial charge in [-0.15, -0.1) is 0 Å². The number of carbonyl (C=O) groups excluding carboxylic acids is 1. The number of nitrogens with one attached hydrogen (secondary N) is 1. The Hall–Kier alpha value is -0.660. The van der Waals surface area contributed by atoms with Crippen molar-refractivity contribution in [3.63, 3.8) is 0 Å². The molecular formula is C10H17N3O2S2. The number of likely N-dealkylation sites (N-methyl/N-ethyl adjacent to an activating group) is 1. The molecular weight excluding hydrogens is 258 g/mol. The first kappa shape index (κ1) is 14.4. The quantitative estimate of drug-likeness (QED) is 0.574. The summed E-state index contributed by atoms with van der Waals surface area (Å²) < 4.78 is 9.87. The minimum atomic E-state index is -0.222. The van der Waals surface area contributed by atoms with Gasteiger partial charge in [-0.05, 0) is 31.4 Å². The number of aromatic nitrogens is 2. The summed E-state index contributed by atoms with van der Waals surface area (Å²) in [5.74, 6) is 0.651. The number of nitrogens with zero attached hydrogens (tertiary/aromatic N) is 2. The van der Waals surface area contributed by atoms with Crippen LogP contribution in [0.25, 0.3) is 0 Å². The van der Waals surface area contributed by atoms with Crippen LogP contribution in [0.3, 0.4) is 0 Å². The maximum atomic E-state index is 11.6. The number of carbonyl (C=O) groups is 1. The minimum Gasteiger partial charge on any atom is -0.465 e. The monoisotopic (exact) mass is 275 g/mol. The molecule has 0 aliphatic rings. The predicted octanol–water partition coefficient (Wildman–Crippen LogP) is 1.56. The van der Waals surface area contributed by atoms with Crippen molar-refractivity contribution in [1.29, 1.82) is 0 Å². The molecule has 1 N–H and O–H groups in total. The third-order valence-electron chi connectivity index (χ3n) is 1.99. The third kappa shape index (κ3) is 5.47. The number of hydrogen-bond donors (Lipinski definition) is 1. The Morgan fingerprint density at radius 2 is 2.47 bits per heavy atom. The van der Waals surface area contributed by atoms with Crippen LogP contribution in [0.5, 0.6) is 0 Å². The van der Waals surface area contributed by atoms with E-state index in [-0.39, 0.29) is 12.0 Å². The molecule has 1 rings (SSSR count). The van der Waals surface area contributed by atoms with E-state index < -0.39 is 0 Å². The van der Waals surface area contributed by atoms with Crippen molar-refractivity contribution < 1.29 is 9.53 Å². The van der Waals surface area contributed by atoms with Crippen LogP contribution in [0.2, 0.25) is 0 Å². The molecule has 0 amide bonds. The molecule has 1 unspecified atom stereocenters. The topological polar surface area (TPSA) is 64.1 Å². The fourth-order valence-electron chi connectivity index (χ4n) is 1.28. The van der Waals surface area contributed by atoms with Gasteiger partial charge in [0.25, 0.3) is 0 Å². The Balaban J connectivity index is 2.31. The molecule has 0 bridgehead atoms. The van der Waals surface area contributed by atoms with Crippen molar-refractivity contribution in [3.05, 3.63) is 6.33 Å². The van der Waals surface area contributed by atoms with Crippen LogP contribution in [0.1, 0.15) is 20.3 Å². The molecule has 0 aliphatic carbocycles. The fourth-order valence-corrected chi connectivity index (χ4v) is 2.80. The maximum Gasteiger partial charge on any atom is 0.323 e. The molecule has 1 aromatic heterocycles. The molecule has 0 saturated carbocycles. The molecule has 0 aliphatic heterocycles. The van der Waals surface area contributed by atoms with E-state index in [1.165, 1.54) is 11.5 Å². The van der Waals surface area contributed by atoms with Gasteiger partial charge in [-0.25, -0.2) is 4.98 Å². The summed E-state index contributed by atoms with van der Waals surface area (Å²) in [4.78, 5) is 15.7. The van der Waals surface area contributed by atoms with Crippen molar-refractivity contribution >= 4 is 29.3 Å². The zero-order valence-corrected chi connectivity index (χ0v) is 11.6. The lowest BCUT2D eigenvalue weighted by Gasteiger charge is -2.15. The summed E-state index contributed by atoms with van der Waals surface area (Å²) in [6, 6.07) is -0.222. The largest absolute Gasteiger partial charge is 0.465 e. The number of esters is 1. The second-order valence-electron chi connectivity index (χ2n) is 3.21. The molecule has 17 heavy (non-hydrogen) atoms. The molecule has 1 aromatic rings. The van der Waals surface area contributed by atoms with Crippen molar-refractivity contribution in [2.24, 2.45) is 0 Å². The second-order valence-corrected chi connectivity index (χ2v) is 5.33. The number of thioether (sulfide) groups is 1. The van der Waals surface area contributed by atoms with Crippen LogP contribution in [0, 0.1) is 0 Å². The first-order chi connectivity index (χ1) is 8.27. The zero-order valence-electron chi connectivity index (χ0n) is 10.0. The van der Waals surface area contributed by atoms with Gasteiger partial charge < -0.3 is 10.1 Å². The van der Waals surface area contributed by atoms with Gasteiger partial charge in [0.1, 0.15) is 12.4 Å². The van der Waals surface area contributed by atoms with Crippen LogP contribution < -0.4 is 5.32 Å². The third-order valence-corrected chi connectivity index (χ3v) is 3.83. The highest BCUT2D eigenvalue weighted by Crippen LogP contribution is 2.19. The van der Waals surface area contributed by atoms with E-state index in [0.29, 0.717) is 6.61 Å². The highest BCUT2D eigenvalue weighted by molar-refractivity contribution is 8.00. The lowest BCUT2D eigenvalue weighted by Crippen LogP contribution is -2.38. The molecule has 0 radical (unpaired) electrons. The first-order valence-electron chi connectivity index (χ1n) is 5.57. The maximum absolute atomic E-state index is 11.6. The molecule has 0 saturated heterocycles. The summed E-state index contributed by atoms with van der Waals surface area (Å²) in [6.07, 6.45) is 2.27. The van der Waals surface area contributed by atoms with E-state index in [9.17, 15) is 4.79 Å². The van der Waals surface area contributed by atoms with Gasteiger partial charge >= 0.3 is 5.97 Å². The number of hydrogen-bond acceptors (Lipinski definition) is 7. The molecule has 5 nitrogen and oxygen atoms in total. The van der Waals surface area contributed by atoms with Gasteiger partial charge in [0.2, 0.25) is 0 Å². The van der Waals surface area contributed by atoms with E-state index in [4.69, 9.17) is 4.74 Å². The number of ether oxygens (including phenoxy) is 1. The van der Waals surface area contributed by atoms with Crippen LogP contribution in [0.15, 0.2) is 10.7 Å². The van der Waals surface area contributed by atoms with Crippen molar-refractivity contribution in [2.45, 2.75) is 30.6 Å². The van der Waals surface area contributed by atoms with Gasteiger partial charge in [0.05, 0.1) is 6.61 Å². The molecule has 96 valence electrons. The van der Waals surface area contributed by atoms with E-state index >= 15 is 0 Å². The lowest BCUT2D eigenvalue weighted by atomic mass is 10.2. The van der Waals surface area contributed by atoms with Crippen molar-refractivity contribution in [2.75, 3.05) is 18.9 Å². The molecule has 7 heteroatoms. The molecule has 1 atom stereocenters. The summed E-state index contributed by atoms with van der Waals surface area (Å²) in [5, 5.41) is 3.13. The second kappa shape index (κ2) is 8.43. The van der Waals surface area contributed by atoms with Crippen LogP contribution in [-0.2, 0) is 9.53 Å². The Kier molecular flexibility index (Phi) is 7.14. The normalized spacial score (nSPS) is 12.4. The fraction of sp³-hybridized carbons (Fsp3) is 0.700. The summed E-state index contributed by atoms with van der Waals surface area (Å²) >= 11 is 2.99. The highest BCUT2D eigenvalue weighted by Gasteiger charge is 2.18. The standard InChI is InChI=1S/C10H17N3O2S2/c1-3-11-8(9(14)15-4-2)5-6-16-10-12-7-13-17-10/h7-8,11H,3-6H2,1-2H3. The summed E-state index contributed by atoms with van der Waals surface area (Å²) in [5.41, 5.74) is 0. The molecule has 0 spiro atoms. The average Bonchev–Trinajstić information content (AvgIpc) is 2.81. The van der Waals surface area contributed by atoms with Gasteiger partial charge in [0, 0.05) is 5.75 Å². The van der Waals surface area contributed by atoms with Gasteiger partial charge in [-0.2, -0.15) is 4.37 Å². The van der Waals surface area contributed by atoms with E-state index in [0.717, 1.165) is 23.1 Å². The summed E-state index contributed by atoms with van der Waals surface area (Å²) in [6.45, 7) is 4.97. The van der Waals surface area contributed by atoms with Gasteiger partial charge in [-0.1, -0.05) is 18.7 Å². The van der Waals surface area contributed by atoms with Crippen LogP contribution >= 0.6 is 23.3 Å². The summed E-state index contributed by atoms with van der Waals surface area (Å²) in [7, 11) is 0. The van der Waals surface area contributed by atoms with Crippen molar-refractivity contribution in [1.82, 2.24) is 14.7 Å². The predicted molar refractivity (Wildman–Crippen MR) is 69.3 cm³/mol. The molecule has 0 fully saturated rings. The van der Waals surface area contributed by atoms with E-state index in [2.05, 4.69) is 14.7 Å². The first-order valence-corrected chi connectivity index (χ1v) is 7.33. The Morgan fingerprint density at radius 3 is 3.06 bits per heavy atom. The van der Waals surface area contributed by atoms with Crippen LogP contribution in [0.4, 0.5) is 0 Å².